The molecule has 1 atom stereocenters. The van der Waals surface area contributed by atoms with Crippen LogP contribution in [0.15, 0.2) is 17.5 Å². The highest BCUT2D eigenvalue weighted by Crippen LogP contribution is 2.28. The van der Waals surface area contributed by atoms with Gasteiger partial charge < -0.3 is 5.32 Å². The van der Waals surface area contributed by atoms with Gasteiger partial charge in [0.25, 0.3) is 0 Å². The summed E-state index contributed by atoms with van der Waals surface area (Å²) in [6.45, 7) is 0. The van der Waals surface area contributed by atoms with Gasteiger partial charge >= 0.3 is 0 Å². The summed E-state index contributed by atoms with van der Waals surface area (Å²) < 4.78 is 0. The molecule has 1 aliphatic carbocycles. The van der Waals surface area contributed by atoms with E-state index in [9.17, 15) is 0 Å². The molecular weight excluding hydrogens is 226 g/mol. The Bertz CT molecular complexity index is 288. The van der Waals surface area contributed by atoms with Crippen molar-refractivity contribution in [2.75, 3.05) is 7.05 Å². The minimum Gasteiger partial charge on any atom is -0.317 e. The second-order valence-electron chi connectivity index (χ2n) is 5.34. The maximum absolute atomic E-state index is 3.52. The molecule has 1 saturated carbocycles. The third-order valence-corrected chi connectivity index (χ3v) is 5.01. The SMILES string of the molecule is CNC(CCc1cccs1)CC1CCCCC1. The molecule has 1 aliphatic rings. The Labute approximate surface area is 110 Å². The van der Waals surface area contributed by atoms with E-state index in [4.69, 9.17) is 0 Å². The van der Waals surface area contributed by atoms with Crippen LogP contribution in [0.1, 0.15) is 49.8 Å². The predicted molar refractivity (Wildman–Crippen MR) is 76.7 cm³/mol. The van der Waals surface area contributed by atoms with Crippen LogP contribution in [0.2, 0.25) is 0 Å². The van der Waals surface area contributed by atoms with Crippen LogP contribution in [-0.4, -0.2) is 13.1 Å². The van der Waals surface area contributed by atoms with Crippen LogP contribution in [-0.2, 0) is 6.42 Å². The first kappa shape index (κ1) is 13.1. The summed E-state index contributed by atoms with van der Waals surface area (Å²) in [4.78, 5) is 1.54. The van der Waals surface area contributed by atoms with Crippen molar-refractivity contribution in [1.82, 2.24) is 5.32 Å². The van der Waals surface area contributed by atoms with E-state index < -0.39 is 0 Å². The molecule has 96 valence electrons. The molecule has 0 aromatic carbocycles. The summed E-state index contributed by atoms with van der Waals surface area (Å²) in [5, 5.41) is 5.70. The number of aryl methyl sites for hydroxylation is 1. The average Bonchev–Trinajstić information content (AvgIpc) is 2.89. The Morgan fingerprint density at radius 1 is 1.35 bits per heavy atom. The molecule has 1 N–H and O–H groups in total. The molecule has 1 unspecified atom stereocenters. The van der Waals surface area contributed by atoms with Crippen molar-refractivity contribution in [2.45, 2.75) is 57.4 Å². The van der Waals surface area contributed by atoms with E-state index in [1.807, 2.05) is 11.3 Å². The van der Waals surface area contributed by atoms with Crippen molar-refractivity contribution in [3.63, 3.8) is 0 Å². The first-order chi connectivity index (χ1) is 8.38. The molecule has 1 aromatic rings. The van der Waals surface area contributed by atoms with Crippen LogP contribution in [0.4, 0.5) is 0 Å². The molecule has 0 aliphatic heterocycles. The molecule has 2 rings (SSSR count). The van der Waals surface area contributed by atoms with Crippen LogP contribution in [0.25, 0.3) is 0 Å². The van der Waals surface area contributed by atoms with E-state index in [0.717, 1.165) is 12.0 Å². The van der Waals surface area contributed by atoms with Crippen molar-refractivity contribution in [1.29, 1.82) is 0 Å². The first-order valence-electron chi connectivity index (χ1n) is 7.08. The van der Waals surface area contributed by atoms with E-state index in [0.29, 0.717) is 0 Å². The number of rotatable bonds is 6. The third-order valence-electron chi connectivity index (χ3n) is 4.07. The van der Waals surface area contributed by atoms with Gasteiger partial charge in [-0.2, -0.15) is 0 Å². The molecule has 0 saturated heterocycles. The Morgan fingerprint density at radius 2 is 2.18 bits per heavy atom. The van der Waals surface area contributed by atoms with Crippen LogP contribution in [0.3, 0.4) is 0 Å². The monoisotopic (exact) mass is 251 g/mol. The van der Waals surface area contributed by atoms with Crippen molar-refractivity contribution >= 4 is 11.3 Å². The second kappa shape index (κ2) is 7.17. The molecule has 0 bridgehead atoms. The lowest BCUT2D eigenvalue weighted by atomic mass is 9.84. The third kappa shape index (κ3) is 4.44. The molecule has 0 amide bonds. The summed E-state index contributed by atoms with van der Waals surface area (Å²) in [6.07, 6.45) is 11.3. The highest BCUT2D eigenvalue weighted by molar-refractivity contribution is 7.09. The highest BCUT2D eigenvalue weighted by Gasteiger charge is 2.17. The molecule has 0 spiro atoms. The average molecular weight is 251 g/mol. The fraction of sp³-hybridized carbons (Fsp3) is 0.733. The summed E-state index contributed by atoms with van der Waals surface area (Å²) >= 11 is 1.89. The van der Waals surface area contributed by atoms with E-state index in [2.05, 4.69) is 29.9 Å². The quantitative estimate of drug-likeness (QED) is 0.797. The smallest absolute Gasteiger partial charge is 0.00701 e. The number of hydrogen-bond donors (Lipinski definition) is 1. The Balaban J connectivity index is 1.72. The van der Waals surface area contributed by atoms with Gasteiger partial charge in [0.15, 0.2) is 0 Å². The van der Waals surface area contributed by atoms with E-state index in [1.165, 1.54) is 56.2 Å². The summed E-state index contributed by atoms with van der Waals surface area (Å²) in [7, 11) is 2.13. The Hall–Kier alpha value is -0.340. The van der Waals surface area contributed by atoms with E-state index in [1.54, 1.807) is 0 Å². The van der Waals surface area contributed by atoms with Crippen LogP contribution < -0.4 is 5.32 Å². The van der Waals surface area contributed by atoms with Gasteiger partial charge in [-0.1, -0.05) is 38.2 Å². The maximum Gasteiger partial charge on any atom is 0.00701 e. The molecule has 0 radical (unpaired) electrons. The fourth-order valence-electron chi connectivity index (χ4n) is 2.98. The largest absolute Gasteiger partial charge is 0.317 e. The minimum absolute atomic E-state index is 0.722. The molecule has 1 nitrogen and oxygen atoms in total. The standard InChI is InChI=1S/C15H25NS/c1-16-14(9-10-15-8-5-11-17-15)12-13-6-3-2-4-7-13/h5,8,11,13-14,16H,2-4,6-7,9-10,12H2,1H3. The molecule has 17 heavy (non-hydrogen) atoms. The van der Waals surface area contributed by atoms with Crippen LogP contribution >= 0.6 is 11.3 Å². The first-order valence-corrected chi connectivity index (χ1v) is 7.96. The predicted octanol–water partition coefficient (Wildman–Crippen LogP) is 4.24. The van der Waals surface area contributed by atoms with Crippen molar-refractivity contribution in [2.24, 2.45) is 5.92 Å². The second-order valence-corrected chi connectivity index (χ2v) is 6.38. The van der Waals surface area contributed by atoms with Gasteiger partial charge in [-0.05, 0) is 43.7 Å². The molecule has 1 aromatic heterocycles. The van der Waals surface area contributed by atoms with Crippen molar-refractivity contribution in [3.05, 3.63) is 22.4 Å². The minimum atomic E-state index is 0.722. The molecule has 1 fully saturated rings. The van der Waals surface area contributed by atoms with Gasteiger partial charge in [-0.25, -0.2) is 0 Å². The van der Waals surface area contributed by atoms with Gasteiger partial charge in [0.2, 0.25) is 0 Å². The zero-order chi connectivity index (χ0) is 11.9. The van der Waals surface area contributed by atoms with Crippen LogP contribution in [0.5, 0.6) is 0 Å². The van der Waals surface area contributed by atoms with Crippen molar-refractivity contribution in [3.8, 4) is 0 Å². The molecule has 1 heterocycles. The number of hydrogen-bond acceptors (Lipinski definition) is 2. The van der Waals surface area contributed by atoms with Gasteiger partial charge in [0.05, 0.1) is 0 Å². The summed E-state index contributed by atoms with van der Waals surface area (Å²) in [5.41, 5.74) is 0. The number of thiophene rings is 1. The lowest BCUT2D eigenvalue weighted by molar-refractivity contribution is 0.297. The number of nitrogens with one attached hydrogen (secondary N) is 1. The Morgan fingerprint density at radius 3 is 2.82 bits per heavy atom. The van der Waals surface area contributed by atoms with Crippen LogP contribution in [0, 0.1) is 5.92 Å². The van der Waals surface area contributed by atoms with Gasteiger partial charge in [-0.15, -0.1) is 11.3 Å². The fourth-order valence-corrected chi connectivity index (χ4v) is 3.70. The van der Waals surface area contributed by atoms with Gasteiger partial charge in [0, 0.05) is 10.9 Å². The van der Waals surface area contributed by atoms with Crippen molar-refractivity contribution < 1.29 is 0 Å². The normalized spacial score (nSPS) is 19.4. The lowest BCUT2D eigenvalue weighted by Crippen LogP contribution is -2.29. The van der Waals surface area contributed by atoms with E-state index in [-0.39, 0.29) is 0 Å². The maximum atomic E-state index is 3.52. The zero-order valence-corrected chi connectivity index (χ0v) is 11.8. The topological polar surface area (TPSA) is 12.0 Å². The highest BCUT2D eigenvalue weighted by atomic mass is 32.1. The Kier molecular flexibility index (Phi) is 5.53. The zero-order valence-electron chi connectivity index (χ0n) is 11.0. The summed E-state index contributed by atoms with van der Waals surface area (Å²) in [5.74, 6) is 0.990. The van der Waals surface area contributed by atoms with E-state index >= 15 is 0 Å². The van der Waals surface area contributed by atoms with Gasteiger partial charge in [0.1, 0.15) is 0 Å². The molecule has 2 heteroatoms. The lowest BCUT2D eigenvalue weighted by Gasteiger charge is -2.26. The summed E-state index contributed by atoms with van der Waals surface area (Å²) in [6, 6.07) is 5.15. The molecular formula is C15H25NS. The van der Waals surface area contributed by atoms with Gasteiger partial charge in [-0.3, -0.25) is 0 Å².